The van der Waals surface area contributed by atoms with E-state index in [0.717, 1.165) is 12.8 Å². The lowest BCUT2D eigenvalue weighted by atomic mass is 10.3. The summed E-state index contributed by atoms with van der Waals surface area (Å²) in [4.78, 5) is 26.2. The zero-order valence-electron chi connectivity index (χ0n) is 8.85. The first-order valence-corrected chi connectivity index (χ1v) is 5.38. The van der Waals surface area contributed by atoms with E-state index in [-0.39, 0.29) is 24.5 Å². The van der Waals surface area contributed by atoms with Crippen molar-refractivity contribution in [3.8, 4) is 0 Å². The van der Waals surface area contributed by atoms with Crippen LogP contribution >= 0.6 is 0 Å². The zero-order valence-corrected chi connectivity index (χ0v) is 8.85. The fourth-order valence-electron chi connectivity index (χ4n) is 1.77. The van der Waals surface area contributed by atoms with Crippen molar-refractivity contribution in [1.29, 1.82) is 0 Å². The fourth-order valence-corrected chi connectivity index (χ4v) is 1.77. The Morgan fingerprint density at radius 2 is 2.13 bits per heavy atom. The summed E-state index contributed by atoms with van der Waals surface area (Å²) in [5.74, 6) is -0.132. The number of hydrogen-bond donors (Lipinski definition) is 1. The number of aliphatic hydroxyl groups excluding tert-OH is 1. The van der Waals surface area contributed by atoms with Crippen molar-refractivity contribution < 1.29 is 14.7 Å². The van der Waals surface area contributed by atoms with E-state index in [1.807, 2.05) is 0 Å². The molecule has 1 unspecified atom stereocenters. The van der Waals surface area contributed by atoms with Crippen LogP contribution in [0.1, 0.15) is 26.2 Å². The van der Waals surface area contributed by atoms with Gasteiger partial charge in [-0.25, -0.2) is 4.79 Å². The van der Waals surface area contributed by atoms with Gasteiger partial charge >= 0.3 is 6.03 Å². The van der Waals surface area contributed by atoms with E-state index in [2.05, 4.69) is 0 Å². The highest BCUT2D eigenvalue weighted by molar-refractivity contribution is 6.02. The molecular weight excluding hydrogens is 196 g/mol. The lowest BCUT2D eigenvalue weighted by Crippen LogP contribution is -2.35. The van der Waals surface area contributed by atoms with Crippen LogP contribution < -0.4 is 0 Å². The van der Waals surface area contributed by atoms with Crippen molar-refractivity contribution in [2.75, 3.05) is 13.1 Å². The normalized spacial score (nSPS) is 23.9. The van der Waals surface area contributed by atoms with Gasteiger partial charge in [0.2, 0.25) is 5.91 Å². The number of carbonyl (C=O) groups excluding carboxylic acids is 2. The molecule has 1 aliphatic heterocycles. The lowest BCUT2D eigenvalue weighted by Gasteiger charge is -2.16. The van der Waals surface area contributed by atoms with Crippen LogP contribution in [-0.4, -0.2) is 52.1 Å². The monoisotopic (exact) mass is 212 g/mol. The average Bonchev–Trinajstić information content (AvgIpc) is 2.93. The first kappa shape index (κ1) is 10.4. The van der Waals surface area contributed by atoms with Gasteiger partial charge in [-0.1, -0.05) is 0 Å². The van der Waals surface area contributed by atoms with Crippen molar-refractivity contribution in [1.82, 2.24) is 9.80 Å². The van der Waals surface area contributed by atoms with Gasteiger partial charge in [-0.2, -0.15) is 0 Å². The smallest absolute Gasteiger partial charge is 0.327 e. The van der Waals surface area contributed by atoms with Crippen LogP contribution in [0.3, 0.4) is 0 Å². The van der Waals surface area contributed by atoms with Crippen molar-refractivity contribution in [2.24, 2.45) is 0 Å². The Hall–Kier alpha value is -1.10. The highest BCUT2D eigenvalue weighted by Gasteiger charge is 2.43. The van der Waals surface area contributed by atoms with Crippen LogP contribution in [0.15, 0.2) is 0 Å². The van der Waals surface area contributed by atoms with Gasteiger partial charge in [-0.05, 0) is 26.2 Å². The summed E-state index contributed by atoms with van der Waals surface area (Å²) in [6, 6.07) is 0.112. The summed E-state index contributed by atoms with van der Waals surface area (Å²) in [6.07, 6.45) is 2.02. The highest BCUT2D eigenvalue weighted by Crippen LogP contribution is 2.30. The number of amides is 3. The van der Waals surface area contributed by atoms with Crippen LogP contribution in [-0.2, 0) is 4.79 Å². The molecule has 3 amide bonds. The summed E-state index contributed by atoms with van der Waals surface area (Å²) in [5, 5.41) is 9.11. The summed E-state index contributed by atoms with van der Waals surface area (Å²) < 4.78 is 0. The van der Waals surface area contributed by atoms with Crippen molar-refractivity contribution in [3.63, 3.8) is 0 Å². The van der Waals surface area contributed by atoms with Crippen LogP contribution in [0.5, 0.6) is 0 Å². The molecule has 1 saturated heterocycles. The SMILES string of the molecule is CC(O)CCN1C(=O)CN(C2CC2)C1=O. The first-order valence-electron chi connectivity index (χ1n) is 5.38. The van der Waals surface area contributed by atoms with Crippen LogP contribution in [0.4, 0.5) is 4.79 Å². The van der Waals surface area contributed by atoms with Gasteiger partial charge < -0.3 is 10.0 Å². The average molecular weight is 212 g/mol. The Morgan fingerprint density at radius 1 is 1.47 bits per heavy atom. The summed E-state index contributed by atoms with van der Waals surface area (Å²) >= 11 is 0. The molecule has 0 spiro atoms. The molecule has 5 heteroatoms. The number of carbonyl (C=O) groups is 2. The van der Waals surface area contributed by atoms with Gasteiger partial charge in [0.15, 0.2) is 0 Å². The van der Waals surface area contributed by atoms with Crippen molar-refractivity contribution in [2.45, 2.75) is 38.3 Å². The van der Waals surface area contributed by atoms with Gasteiger partial charge in [0.1, 0.15) is 6.54 Å². The fraction of sp³-hybridized carbons (Fsp3) is 0.800. The molecule has 5 nitrogen and oxygen atoms in total. The van der Waals surface area contributed by atoms with E-state index < -0.39 is 6.10 Å². The molecule has 2 rings (SSSR count). The summed E-state index contributed by atoms with van der Waals surface area (Å²) in [6.45, 7) is 2.21. The number of aliphatic hydroxyl groups is 1. The van der Waals surface area contributed by atoms with Crippen LogP contribution in [0, 0.1) is 0 Å². The van der Waals surface area contributed by atoms with E-state index in [9.17, 15) is 9.59 Å². The van der Waals surface area contributed by atoms with Crippen molar-refractivity contribution >= 4 is 11.9 Å². The molecule has 15 heavy (non-hydrogen) atoms. The Balaban J connectivity index is 1.93. The van der Waals surface area contributed by atoms with E-state index in [0.29, 0.717) is 13.0 Å². The molecule has 1 N–H and O–H groups in total. The Bertz CT molecular complexity index is 286. The van der Waals surface area contributed by atoms with Gasteiger partial charge in [0, 0.05) is 12.6 Å². The number of rotatable bonds is 4. The molecule has 1 heterocycles. The van der Waals surface area contributed by atoms with Gasteiger partial charge in [0.05, 0.1) is 6.10 Å². The molecule has 1 atom stereocenters. The number of hydrogen-bond acceptors (Lipinski definition) is 3. The second-order valence-corrected chi connectivity index (χ2v) is 4.32. The zero-order chi connectivity index (χ0) is 11.0. The molecule has 0 aromatic carbocycles. The third-order valence-corrected chi connectivity index (χ3v) is 2.84. The highest BCUT2D eigenvalue weighted by atomic mass is 16.3. The standard InChI is InChI=1S/C10H16N2O3/c1-7(13)4-5-11-9(14)6-12(10(11)15)8-2-3-8/h7-8,13H,2-6H2,1H3. The van der Waals surface area contributed by atoms with E-state index >= 15 is 0 Å². The van der Waals surface area contributed by atoms with E-state index in [1.165, 1.54) is 4.90 Å². The molecule has 2 aliphatic rings. The minimum atomic E-state index is -0.472. The quantitative estimate of drug-likeness (QED) is 0.676. The molecule has 2 fully saturated rings. The molecule has 84 valence electrons. The third-order valence-electron chi connectivity index (χ3n) is 2.84. The van der Waals surface area contributed by atoms with Gasteiger partial charge in [0.25, 0.3) is 0 Å². The first-order chi connectivity index (χ1) is 7.09. The maximum Gasteiger partial charge on any atom is 0.327 e. The maximum absolute atomic E-state index is 11.8. The lowest BCUT2D eigenvalue weighted by molar-refractivity contribution is -0.125. The summed E-state index contributed by atoms with van der Waals surface area (Å²) in [7, 11) is 0. The largest absolute Gasteiger partial charge is 0.393 e. The number of imide groups is 1. The molecule has 0 radical (unpaired) electrons. The Morgan fingerprint density at radius 3 is 2.67 bits per heavy atom. The predicted molar refractivity (Wildman–Crippen MR) is 53.1 cm³/mol. The topological polar surface area (TPSA) is 60.9 Å². The molecular formula is C10H16N2O3. The number of nitrogens with zero attached hydrogens (tertiary/aromatic N) is 2. The number of urea groups is 1. The minimum Gasteiger partial charge on any atom is -0.393 e. The molecule has 0 aromatic rings. The maximum atomic E-state index is 11.8. The van der Waals surface area contributed by atoms with Gasteiger partial charge in [-0.15, -0.1) is 0 Å². The second kappa shape index (κ2) is 3.81. The van der Waals surface area contributed by atoms with Crippen molar-refractivity contribution in [3.05, 3.63) is 0 Å². The van der Waals surface area contributed by atoms with E-state index in [4.69, 9.17) is 5.11 Å². The predicted octanol–water partition coefficient (Wildman–Crippen LogP) is 0.184. The van der Waals surface area contributed by atoms with Crippen LogP contribution in [0.25, 0.3) is 0 Å². The Kier molecular flexibility index (Phi) is 2.65. The molecule has 1 saturated carbocycles. The third kappa shape index (κ3) is 2.12. The second-order valence-electron chi connectivity index (χ2n) is 4.32. The summed E-state index contributed by atoms with van der Waals surface area (Å²) in [5.41, 5.74) is 0. The Labute approximate surface area is 88.6 Å². The molecule has 0 aromatic heterocycles. The molecule has 0 bridgehead atoms. The van der Waals surface area contributed by atoms with Crippen LogP contribution in [0.2, 0.25) is 0 Å². The van der Waals surface area contributed by atoms with E-state index in [1.54, 1.807) is 11.8 Å². The van der Waals surface area contributed by atoms with Gasteiger partial charge in [-0.3, -0.25) is 9.69 Å². The minimum absolute atomic E-state index is 0.132. The molecule has 1 aliphatic carbocycles.